The molecule has 6 heteroatoms. The van der Waals surface area contributed by atoms with E-state index in [1.165, 1.54) is 0 Å². The van der Waals surface area contributed by atoms with Crippen molar-refractivity contribution in [2.45, 2.75) is 33.1 Å². The number of ether oxygens (including phenoxy) is 1. The maximum atomic E-state index is 13.3. The Labute approximate surface area is 166 Å². The molecule has 140 valence electrons. The van der Waals surface area contributed by atoms with Crippen LogP contribution in [0, 0.1) is 0 Å². The van der Waals surface area contributed by atoms with Crippen LogP contribution in [0.4, 0.5) is 0 Å². The van der Waals surface area contributed by atoms with E-state index >= 15 is 0 Å². The fourth-order valence-corrected chi connectivity index (χ4v) is 3.29. The predicted molar refractivity (Wildman–Crippen MR) is 107 cm³/mol. The molecular formula is C21H21BrN2O3. The lowest BCUT2D eigenvalue weighted by molar-refractivity contribution is 0.0528. The van der Waals surface area contributed by atoms with Crippen LogP contribution < -0.4 is 0 Å². The number of esters is 1. The van der Waals surface area contributed by atoms with Crippen LogP contribution in [-0.4, -0.2) is 28.0 Å². The highest BCUT2D eigenvalue weighted by atomic mass is 79.9. The third-order valence-corrected chi connectivity index (χ3v) is 4.85. The molecule has 0 aliphatic carbocycles. The highest BCUT2D eigenvalue weighted by Crippen LogP contribution is 2.26. The molecule has 3 aromatic rings. The van der Waals surface area contributed by atoms with Gasteiger partial charge in [-0.25, -0.2) is 9.31 Å². The normalized spacial score (nSPS) is 10.9. The van der Waals surface area contributed by atoms with E-state index in [-0.39, 0.29) is 12.4 Å². The number of rotatable bonds is 7. The Kier molecular flexibility index (Phi) is 6.06. The Bertz CT molecular complexity index is 977. The van der Waals surface area contributed by atoms with E-state index < -0.39 is 5.97 Å². The molecule has 0 unspecified atom stereocenters. The van der Waals surface area contributed by atoms with Gasteiger partial charge in [0.1, 0.15) is 0 Å². The number of fused-ring (bicyclic) bond motifs is 1. The van der Waals surface area contributed by atoms with E-state index in [0.29, 0.717) is 34.3 Å². The lowest BCUT2D eigenvalue weighted by Gasteiger charge is -2.07. The molecule has 0 aliphatic heterocycles. The van der Waals surface area contributed by atoms with Crippen LogP contribution in [0.2, 0.25) is 0 Å². The lowest BCUT2D eigenvalue weighted by atomic mass is 9.98. The minimum atomic E-state index is -0.449. The number of nitrogens with zero attached hydrogens (tertiary/aromatic N) is 2. The van der Waals surface area contributed by atoms with Gasteiger partial charge in [0.25, 0.3) is 0 Å². The summed E-state index contributed by atoms with van der Waals surface area (Å²) in [5.74, 6) is -0.588. The second-order valence-electron chi connectivity index (χ2n) is 6.20. The smallest absolute Gasteiger partial charge is 0.340 e. The van der Waals surface area contributed by atoms with E-state index in [0.717, 1.165) is 17.3 Å². The number of aryl methyl sites for hydroxylation is 1. The molecule has 0 saturated carbocycles. The van der Waals surface area contributed by atoms with Crippen molar-refractivity contribution in [1.29, 1.82) is 0 Å². The fourth-order valence-electron chi connectivity index (χ4n) is 3.02. The Morgan fingerprint density at radius 1 is 1.15 bits per heavy atom. The van der Waals surface area contributed by atoms with Crippen molar-refractivity contribution in [3.05, 3.63) is 69.5 Å². The number of benzene rings is 1. The predicted octanol–water partition coefficient (Wildman–Crippen LogP) is 4.85. The molecule has 0 N–H and O–H groups in total. The summed E-state index contributed by atoms with van der Waals surface area (Å²) in [5.41, 5.74) is 2.62. The SMILES string of the molecule is CCCCc1nn2cccc(C(=O)OCC)c2c1C(=O)c1ccc(Br)cc1. The zero-order chi connectivity index (χ0) is 19.4. The van der Waals surface area contributed by atoms with Crippen LogP contribution in [0.15, 0.2) is 47.1 Å². The first-order valence-corrected chi connectivity index (χ1v) is 9.83. The summed E-state index contributed by atoms with van der Waals surface area (Å²) in [6.45, 7) is 4.12. The number of carbonyl (C=O) groups excluding carboxylic acids is 2. The molecule has 0 spiro atoms. The minimum Gasteiger partial charge on any atom is -0.462 e. The molecule has 0 radical (unpaired) electrons. The molecule has 0 fully saturated rings. The van der Waals surface area contributed by atoms with E-state index in [1.54, 1.807) is 41.9 Å². The highest BCUT2D eigenvalue weighted by molar-refractivity contribution is 9.10. The quantitative estimate of drug-likeness (QED) is 0.398. The number of aromatic nitrogens is 2. The molecule has 0 aliphatic rings. The van der Waals surface area contributed by atoms with Gasteiger partial charge in [-0.15, -0.1) is 0 Å². The van der Waals surface area contributed by atoms with Crippen molar-refractivity contribution < 1.29 is 14.3 Å². The lowest BCUT2D eigenvalue weighted by Crippen LogP contribution is -2.10. The number of unbranched alkanes of at least 4 members (excludes halogenated alkanes) is 1. The first-order valence-electron chi connectivity index (χ1n) is 9.04. The van der Waals surface area contributed by atoms with Gasteiger partial charge in [-0.05, 0) is 56.2 Å². The summed E-state index contributed by atoms with van der Waals surface area (Å²) >= 11 is 3.39. The topological polar surface area (TPSA) is 60.7 Å². The molecule has 0 amide bonds. The van der Waals surface area contributed by atoms with E-state index in [9.17, 15) is 9.59 Å². The number of carbonyl (C=O) groups is 2. The molecule has 1 aromatic carbocycles. The van der Waals surface area contributed by atoms with Gasteiger partial charge in [-0.1, -0.05) is 29.3 Å². The molecule has 2 heterocycles. The second-order valence-corrected chi connectivity index (χ2v) is 7.11. The first-order chi connectivity index (χ1) is 13.1. The maximum absolute atomic E-state index is 13.3. The fraction of sp³-hybridized carbons (Fsp3) is 0.286. The number of hydrogen-bond acceptors (Lipinski definition) is 4. The van der Waals surface area contributed by atoms with Gasteiger partial charge in [0, 0.05) is 16.2 Å². The minimum absolute atomic E-state index is 0.139. The summed E-state index contributed by atoms with van der Waals surface area (Å²) in [6, 6.07) is 10.6. The van der Waals surface area contributed by atoms with Gasteiger partial charge >= 0.3 is 5.97 Å². The van der Waals surface area contributed by atoms with Crippen molar-refractivity contribution in [2.24, 2.45) is 0 Å². The molecule has 27 heavy (non-hydrogen) atoms. The maximum Gasteiger partial charge on any atom is 0.340 e. The van der Waals surface area contributed by atoms with Crippen LogP contribution in [0.3, 0.4) is 0 Å². The van der Waals surface area contributed by atoms with E-state index in [2.05, 4.69) is 28.0 Å². The van der Waals surface area contributed by atoms with Gasteiger partial charge in [0.05, 0.1) is 28.9 Å². The van der Waals surface area contributed by atoms with E-state index in [1.807, 2.05) is 12.1 Å². The number of ketones is 1. The third kappa shape index (κ3) is 3.95. The summed E-state index contributed by atoms with van der Waals surface area (Å²) in [5, 5.41) is 4.60. The number of pyridine rings is 1. The zero-order valence-corrected chi connectivity index (χ0v) is 17.0. The van der Waals surface area contributed by atoms with Crippen LogP contribution in [-0.2, 0) is 11.2 Å². The summed E-state index contributed by atoms with van der Waals surface area (Å²) in [6.07, 6.45) is 4.34. The Morgan fingerprint density at radius 3 is 2.56 bits per heavy atom. The molecule has 0 atom stereocenters. The average molecular weight is 429 g/mol. The van der Waals surface area contributed by atoms with Crippen LogP contribution in [0.25, 0.3) is 5.52 Å². The summed E-state index contributed by atoms with van der Waals surface area (Å²) in [7, 11) is 0. The highest BCUT2D eigenvalue weighted by Gasteiger charge is 2.25. The zero-order valence-electron chi connectivity index (χ0n) is 15.4. The Morgan fingerprint density at radius 2 is 1.89 bits per heavy atom. The van der Waals surface area contributed by atoms with Crippen molar-refractivity contribution >= 4 is 33.2 Å². The largest absolute Gasteiger partial charge is 0.462 e. The molecular weight excluding hydrogens is 408 g/mol. The molecule has 0 saturated heterocycles. The molecule has 3 rings (SSSR count). The molecule has 2 aromatic heterocycles. The summed E-state index contributed by atoms with van der Waals surface area (Å²) < 4.78 is 7.70. The van der Waals surface area contributed by atoms with Crippen molar-refractivity contribution in [2.75, 3.05) is 6.61 Å². The molecule has 5 nitrogen and oxygen atoms in total. The molecule has 0 bridgehead atoms. The van der Waals surface area contributed by atoms with Crippen molar-refractivity contribution in [1.82, 2.24) is 9.61 Å². The van der Waals surface area contributed by atoms with Gasteiger partial charge < -0.3 is 4.74 Å². The van der Waals surface area contributed by atoms with Gasteiger partial charge in [-0.2, -0.15) is 5.10 Å². The van der Waals surface area contributed by atoms with Crippen LogP contribution >= 0.6 is 15.9 Å². The standard InChI is InChI=1S/C21H21BrN2O3/c1-3-5-8-17-18(20(25)14-9-11-15(22)12-10-14)19-16(21(26)27-4-2)7-6-13-24(19)23-17/h6-7,9-13H,3-5,8H2,1-2H3. The second kappa shape index (κ2) is 8.48. The van der Waals surface area contributed by atoms with Crippen LogP contribution in [0.1, 0.15) is 58.7 Å². The van der Waals surface area contributed by atoms with Crippen molar-refractivity contribution in [3.63, 3.8) is 0 Å². The first kappa shape index (κ1) is 19.3. The Hall–Kier alpha value is -2.47. The Balaban J connectivity index is 2.21. The average Bonchev–Trinajstić information content (AvgIpc) is 3.04. The monoisotopic (exact) mass is 428 g/mol. The van der Waals surface area contributed by atoms with Crippen LogP contribution in [0.5, 0.6) is 0 Å². The van der Waals surface area contributed by atoms with E-state index in [4.69, 9.17) is 4.74 Å². The van der Waals surface area contributed by atoms with Crippen molar-refractivity contribution in [3.8, 4) is 0 Å². The third-order valence-electron chi connectivity index (χ3n) is 4.32. The number of hydrogen-bond donors (Lipinski definition) is 0. The number of halogens is 1. The van der Waals surface area contributed by atoms with Gasteiger partial charge in [-0.3, -0.25) is 4.79 Å². The van der Waals surface area contributed by atoms with Gasteiger partial charge in [0.15, 0.2) is 5.78 Å². The summed E-state index contributed by atoms with van der Waals surface area (Å²) in [4.78, 5) is 25.8. The van der Waals surface area contributed by atoms with Gasteiger partial charge in [0.2, 0.25) is 0 Å².